The summed E-state index contributed by atoms with van der Waals surface area (Å²) in [6.45, 7) is 1.34. The smallest absolute Gasteiger partial charge is 0.234 e. The summed E-state index contributed by atoms with van der Waals surface area (Å²) >= 11 is 0. The fourth-order valence-corrected chi connectivity index (χ4v) is 1.39. The maximum absolute atomic E-state index is 5.56. The maximum atomic E-state index is 5.56. The predicted octanol–water partition coefficient (Wildman–Crippen LogP) is -0.698. The summed E-state index contributed by atoms with van der Waals surface area (Å²) in [5.74, 6) is 0.752. The summed E-state index contributed by atoms with van der Waals surface area (Å²) in [5.41, 5.74) is 11.1. The van der Waals surface area contributed by atoms with Gasteiger partial charge in [-0.2, -0.15) is 15.0 Å². The monoisotopic (exact) mass is 276 g/mol. The Kier molecular flexibility index (Phi) is 6.60. The molecule has 0 aliphatic rings. The molecular weight excluding hydrogens is 256 g/mol. The van der Waals surface area contributed by atoms with Gasteiger partial charge in [0.05, 0.1) is 13.3 Å². The molecule has 9 heteroatoms. The van der Waals surface area contributed by atoms with Crippen LogP contribution in [0.5, 0.6) is 0 Å². The largest absolute Gasteiger partial charge is 0.368 e. The van der Waals surface area contributed by atoms with E-state index in [2.05, 4.69) is 15.0 Å². The van der Waals surface area contributed by atoms with Crippen molar-refractivity contribution in [2.75, 3.05) is 57.9 Å². The number of hydrogen-bond donors (Lipinski definition) is 2. The number of nitrogens with two attached hydrogens (primary N) is 2. The van der Waals surface area contributed by atoms with Gasteiger partial charge < -0.3 is 16.4 Å². The zero-order valence-electron chi connectivity index (χ0n) is 11.2. The summed E-state index contributed by atoms with van der Waals surface area (Å²) in [6, 6.07) is 0. The van der Waals surface area contributed by atoms with Gasteiger partial charge >= 0.3 is 0 Å². The third-order valence-corrected chi connectivity index (χ3v) is 1.85. The summed E-state index contributed by atoms with van der Waals surface area (Å²) in [7, 11) is 7.88. The van der Waals surface area contributed by atoms with Gasteiger partial charge in [0.25, 0.3) is 0 Å². The van der Waals surface area contributed by atoms with Gasteiger partial charge in [-0.05, 0) is 28.2 Å². The number of rotatable bonds is 5. The number of halogens is 1. The summed E-state index contributed by atoms with van der Waals surface area (Å²) in [5, 5.41) is 0. The van der Waals surface area contributed by atoms with Gasteiger partial charge in [0.2, 0.25) is 17.8 Å². The van der Waals surface area contributed by atoms with E-state index < -0.39 is 0 Å². The molecule has 4 N–H and O–H groups in total. The Labute approximate surface area is 113 Å². The average molecular weight is 277 g/mol. The van der Waals surface area contributed by atoms with Crippen LogP contribution in [-0.4, -0.2) is 66.3 Å². The van der Waals surface area contributed by atoms with Crippen LogP contribution in [0.1, 0.15) is 0 Å². The molecule has 0 bridgehead atoms. The molecule has 1 rings (SSSR count). The Balaban J connectivity index is 0.00000289. The van der Waals surface area contributed by atoms with Gasteiger partial charge in [0, 0.05) is 0 Å². The Bertz CT molecular complexity index is 339. The summed E-state index contributed by atoms with van der Waals surface area (Å²) in [6.07, 6.45) is 0. The summed E-state index contributed by atoms with van der Waals surface area (Å²) in [4.78, 5) is 17.9. The fourth-order valence-electron chi connectivity index (χ4n) is 1.39. The number of nitrogens with zero attached hydrogens (tertiary/aromatic N) is 6. The quantitative estimate of drug-likeness (QED) is 0.681. The minimum absolute atomic E-state index is 0. The molecule has 0 amide bonds. The van der Waals surface area contributed by atoms with E-state index in [1.165, 1.54) is 0 Å². The van der Waals surface area contributed by atoms with E-state index in [0.29, 0.717) is 19.3 Å². The zero-order valence-corrected chi connectivity index (χ0v) is 12.0. The lowest BCUT2D eigenvalue weighted by Crippen LogP contribution is -2.41. The highest BCUT2D eigenvalue weighted by molar-refractivity contribution is 5.85. The molecule has 104 valence electrons. The number of hydrogen-bond acceptors (Lipinski definition) is 8. The van der Waals surface area contributed by atoms with Gasteiger partial charge in [-0.15, -0.1) is 12.4 Å². The first kappa shape index (κ1) is 16.6. The van der Waals surface area contributed by atoms with Crippen LogP contribution in [-0.2, 0) is 0 Å². The van der Waals surface area contributed by atoms with Crippen LogP contribution in [0.15, 0.2) is 0 Å². The second-order valence-electron chi connectivity index (χ2n) is 4.33. The molecular formula is C9H21ClN8. The first-order chi connectivity index (χ1) is 7.88. The second-order valence-corrected chi connectivity index (χ2v) is 4.33. The average Bonchev–Trinajstić information content (AvgIpc) is 2.13. The molecule has 18 heavy (non-hydrogen) atoms. The topological polar surface area (TPSA) is 100 Å². The Hall–Kier alpha value is -1.38. The normalized spacial score (nSPS) is 10.6. The van der Waals surface area contributed by atoms with Crippen molar-refractivity contribution in [2.45, 2.75) is 0 Å². The van der Waals surface area contributed by atoms with Crippen LogP contribution in [0.25, 0.3) is 0 Å². The molecule has 0 spiro atoms. The van der Waals surface area contributed by atoms with Crippen molar-refractivity contribution in [3.05, 3.63) is 0 Å². The molecule has 0 aliphatic carbocycles. The van der Waals surface area contributed by atoms with E-state index in [9.17, 15) is 0 Å². The van der Waals surface area contributed by atoms with Gasteiger partial charge in [-0.25, -0.2) is 0 Å². The van der Waals surface area contributed by atoms with Crippen molar-refractivity contribution in [3.8, 4) is 0 Å². The molecule has 0 aliphatic heterocycles. The van der Waals surface area contributed by atoms with E-state index in [-0.39, 0.29) is 24.3 Å². The molecule has 0 aromatic carbocycles. The first-order valence-electron chi connectivity index (χ1n) is 5.20. The molecule has 0 saturated heterocycles. The van der Waals surface area contributed by atoms with Crippen molar-refractivity contribution in [3.63, 3.8) is 0 Å². The highest BCUT2D eigenvalue weighted by Gasteiger charge is 2.13. The Morgan fingerprint density at radius 1 is 0.833 bits per heavy atom. The highest BCUT2D eigenvalue weighted by atomic mass is 35.5. The molecule has 8 nitrogen and oxygen atoms in total. The molecule has 1 aromatic rings. The number of anilines is 3. The number of nitrogen functional groups attached to an aromatic ring is 2. The van der Waals surface area contributed by atoms with Crippen molar-refractivity contribution >= 4 is 30.3 Å². The molecule has 0 unspecified atom stereocenters. The maximum Gasteiger partial charge on any atom is 0.234 e. The summed E-state index contributed by atoms with van der Waals surface area (Å²) < 4.78 is 0. The second kappa shape index (κ2) is 7.14. The minimum Gasteiger partial charge on any atom is -0.368 e. The minimum atomic E-state index is 0. The van der Waals surface area contributed by atoms with Gasteiger partial charge in [0.1, 0.15) is 0 Å². The van der Waals surface area contributed by atoms with Crippen LogP contribution in [0.2, 0.25) is 0 Å². The zero-order chi connectivity index (χ0) is 13.0. The fraction of sp³-hybridized carbons (Fsp3) is 0.667. The van der Waals surface area contributed by atoms with Crippen LogP contribution in [0.4, 0.5) is 17.8 Å². The van der Waals surface area contributed by atoms with Crippen LogP contribution < -0.4 is 16.4 Å². The molecule has 0 atom stereocenters. The lowest BCUT2D eigenvalue weighted by Gasteiger charge is -2.28. The first-order valence-corrected chi connectivity index (χ1v) is 5.20. The van der Waals surface area contributed by atoms with E-state index in [1.54, 1.807) is 0 Å². The highest BCUT2D eigenvalue weighted by Crippen LogP contribution is 2.10. The molecule has 1 aromatic heterocycles. The van der Waals surface area contributed by atoms with Crippen LogP contribution >= 0.6 is 12.4 Å². The number of aromatic nitrogens is 3. The molecule has 0 saturated carbocycles. The van der Waals surface area contributed by atoms with Gasteiger partial charge in [-0.1, -0.05) is 0 Å². The molecule has 0 radical (unpaired) electrons. The molecule has 0 fully saturated rings. The van der Waals surface area contributed by atoms with Crippen molar-refractivity contribution in [2.24, 2.45) is 0 Å². The van der Waals surface area contributed by atoms with Gasteiger partial charge in [-0.3, -0.25) is 9.80 Å². The van der Waals surface area contributed by atoms with E-state index >= 15 is 0 Å². The van der Waals surface area contributed by atoms with E-state index in [1.807, 2.05) is 42.9 Å². The van der Waals surface area contributed by atoms with Crippen molar-refractivity contribution in [1.82, 2.24) is 24.8 Å². The Morgan fingerprint density at radius 3 is 1.56 bits per heavy atom. The third-order valence-electron chi connectivity index (χ3n) is 1.85. The standard InChI is InChI=1S/C9H20N8.ClH/c1-15(2)5-17(6-16(3)4)9-13-7(10)12-8(11)14-9;/h5-6H2,1-4H3,(H4,10,11,12,13,14);1H. The van der Waals surface area contributed by atoms with Crippen LogP contribution in [0, 0.1) is 0 Å². The van der Waals surface area contributed by atoms with E-state index in [4.69, 9.17) is 11.5 Å². The van der Waals surface area contributed by atoms with E-state index in [0.717, 1.165) is 0 Å². The Morgan fingerprint density at radius 2 is 1.22 bits per heavy atom. The lowest BCUT2D eigenvalue weighted by molar-refractivity contribution is 0.337. The van der Waals surface area contributed by atoms with Gasteiger partial charge in [0.15, 0.2) is 0 Å². The van der Waals surface area contributed by atoms with Crippen molar-refractivity contribution < 1.29 is 0 Å². The van der Waals surface area contributed by atoms with Crippen LogP contribution in [0.3, 0.4) is 0 Å². The predicted molar refractivity (Wildman–Crippen MR) is 75.5 cm³/mol. The molecule has 1 heterocycles. The third kappa shape index (κ3) is 5.30. The van der Waals surface area contributed by atoms with Crippen molar-refractivity contribution in [1.29, 1.82) is 0 Å². The SMILES string of the molecule is CN(C)CN(CN(C)C)c1nc(N)nc(N)n1.Cl. The lowest BCUT2D eigenvalue weighted by atomic mass is 10.6.